The molecule has 0 spiro atoms. The summed E-state index contributed by atoms with van der Waals surface area (Å²) in [6.07, 6.45) is 0. The molecule has 2 aromatic rings. The first-order valence-electron chi connectivity index (χ1n) is 9.21. The Balaban J connectivity index is 1.81. The lowest BCUT2D eigenvalue weighted by Gasteiger charge is -2.16. The number of ether oxygens (including phenoxy) is 3. The summed E-state index contributed by atoms with van der Waals surface area (Å²) in [7, 11) is 5.39. The van der Waals surface area contributed by atoms with Crippen LogP contribution in [0.1, 0.15) is 5.56 Å². The number of nitrogens with one attached hydrogen (secondary N) is 1. The number of nitrogens with two attached hydrogens (primary N) is 1. The van der Waals surface area contributed by atoms with Crippen molar-refractivity contribution in [2.24, 2.45) is 10.7 Å². The van der Waals surface area contributed by atoms with Crippen LogP contribution in [0.5, 0.6) is 11.5 Å². The number of nitrogens with zero attached hydrogens (tertiary/aromatic N) is 2. The summed E-state index contributed by atoms with van der Waals surface area (Å²) < 4.78 is 16.0. The zero-order valence-electron chi connectivity index (χ0n) is 16.9. The van der Waals surface area contributed by atoms with E-state index in [9.17, 15) is 0 Å². The molecule has 2 aromatic carbocycles. The van der Waals surface area contributed by atoms with Gasteiger partial charge in [0.05, 0.1) is 20.3 Å². The number of hydrogen-bond donors (Lipinski definition) is 2. The SMILES string of the molecule is COCCN(C)CCOc1cccc(CN=C(N)Nc2ccc(OC)cc2)c1. The van der Waals surface area contributed by atoms with E-state index in [1.165, 1.54) is 0 Å². The molecule has 0 saturated heterocycles. The standard InChI is InChI=1S/C21H30N4O3/c1-25(11-13-26-2)12-14-28-20-6-4-5-17(15-20)16-23-21(22)24-18-7-9-19(27-3)10-8-18/h4-10,15H,11-14,16H2,1-3H3,(H3,22,23,24). The number of hydrogen-bond acceptors (Lipinski definition) is 5. The van der Waals surface area contributed by atoms with Crippen LogP contribution >= 0.6 is 0 Å². The minimum Gasteiger partial charge on any atom is -0.497 e. The van der Waals surface area contributed by atoms with Gasteiger partial charge >= 0.3 is 0 Å². The van der Waals surface area contributed by atoms with Crippen LogP contribution in [0, 0.1) is 0 Å². The van der Waals surface area contributed by atoms with Gasteiger partial charge in [0.15, 0.2) is 5.96 Å². The minimum atomic E-state index is 0.358. The molecule has 0 unspecified atom stereocenters. The topological polar surface area (TPSA) is 81.3 Å². The molecule has 0 heterocycles. The Morgan fingerprint density at radius 2 is 1.79 bits per heavy atom. The van der Waals surface area contributed by atoms with Gasteiger partial charge in [-0.1, -0.05) is 12.1 Å². The first-order valence-corrected chi connectivity index (χ1v) is 9.21. The maximum absolute atomic E-state index is 5.98. The van der Waals surface area contributed by atoms with Crippen molar-refractivity contribution in [1.82, 2.24) is 4.90 Å². The summed E-state index contributed by atoms with van der Waals surface area (Å²) in [6, 6.07) is 15.4. The third-order valence-corrected chi connectivity index (χ3v) is 4.11. The molecule has 0 amide bonds. The molecule has 0 atom stereocenters. The highest BCUT2D eigenvalue weighted by Crippen LogP contribution is 2.16. The second kappa shape index (κ2) is 11.8. The molecule has 28 heavy (non-hydrogen) atoms. The number of methoxy groups -OCH3 is 2. The average Bonchev–Trinajstić information content (AvgIpc) is 2.71. The Kier molecular flexibility index (Phi) is 9.10. The van der Waals surface area contributed by atoms with Gasteiger partial charge in [-0.3, -0.25) is 0 Å². The van der Waals surface area contributed by atoms with E-state index in [1.807, 2.05) is 55.6 Å². The summed E-state index contributed by atoms with van der Waals surface area (Å²) in [5.74, 6) is 1.98. The van der Waals surface area contributed by atoms with Gasteiger partial charge in [0.1, 0.15) is 18.1 Å². The Bertz CT molecular complexity index is 735. The van der Waals surface area contributed by atoms with Gasteiger partial charge in [0, 0.05) is 25.9 Å². The summed E-state index contributed by atoms with van der Waals surface area (Å²) in [5, 5.41) is 3.07. The van der Waals surface area contributed by atoms with Gasteiger partial charge < -0.3 is 30.2 Å². The van der Waals surface area contributed by atoms with Crippen molar-refractivity contribution in [2.75, 3.05) is 52.9 Å². The van der Waals surface area contributed by atoms with Crippen molar-refractivity contribution in [3.8, 4) is 11.5 Å². The van der Waals surface area contributed by atoms with Crippen LogP contribution in [-0.4, -0.2) is 58.4 Å². The number of benzene rings is 2. The molecule has 0 fully saturated rings. The Hall–Kier alpha value is -2.77. The van der Waals surface area contributed by atoms with E-state index >= 15 is 0 Å². The largest absolute Gasteiger partial charge is 0.497 e. The molecule has 0 aliphatic rings. The number of anilines is 1. The van der Waals surface area contributed by atoms with Crippen molar-refractivity contribution in [3.05, 3.63) is 54.1 Å². The maximum atomic E-state index is 5.98. The van der Waals surface area contributed by atoms with Crippen LogP contribution < -0.4 is 20.5 Å². The smallest absolute Gasteiger partial charge is 0.193 e. The monoisotopic (exact) mass is 386 g/mol. The van der Waals surface area contributed by atoms with Crippen molar-refractivity contribution in [2.45, 2.75) is 6.54 Å². The Morgan fingerprint density at radius 3 is 2.50 bits per heavy atom. The van der Waals surface area contributed by atoms with Gasteiger partial charge in [0.2, 0.25) is 0 Å². The van der Waals surface area contributed by atoms with Gasteiger partial charge in [-0.05, 0) is 49.0 Å². The summed E-state index contributed by atoms with van der Waals surface area (Å²) in [5.41, 5.74) is 7.87. The van der Waals surface area contributed by atoms with Crippen molar-refractivity contribution in [3.63, 3.8) is 0 Å². The van der Waals surface area contributed by atoms with E-state index in [1.54, 1.807) is 14.2 Å². The molecular formula is C21H30N4O3. The van der Waals surface area contributed by atoms with Crippen LogP contribution in [0.3, 0.4) is 0 Å². The zero-order chi connectivity index (χ0) is 20.2. The zero-order valence-corrected chi connectivity index (χ0v) is 16.9. The molecule has 0 bridgehead atoms. The molecule has 0 aromatic heterocycles. The molecule has 0 aliphatic heterocycles. The van der Waals surface area contributed by atoms with Crippen molar-refractivity contribution >= 4 is 11.6 Å². The lowest BCUT2D eigenvalue weighted by atomic mass is 10.2. The quantitative estimate of drug-likeness (QED) is 0.456. The minimum absolute atomic E-state index is 0.358. The fourth-order valence-electron chi connectivity index (χ4n) is 2.45. The Morgan fingerprint density at radius 1 is 1.04 bits per heavy atom. The second-order valence-electron chi connectivity index (χ2n) is 6.35. The molecule has 0 saturated carbocycles. The fraction of sp³-hybridized carbons (Fsp3) is 0.381. The van der Waals surface area contributed by atoms with E-state index in [0.717, 1.165) is 42.4 Å². The number of rotatable bonds is 11. The predicted octanol–water partition coefficient (Wildman–Crippen LogP) is 2.58. The van der Waals surface area contributed by atoms with Gasteiger partial charge in [-0.15, -0.1) is 0 Å². The predicted molar refractivity (Wildman–Crippen MR) is 113 cm³/mol. The van der Waals surface area contributed by atoms with Crippen molar-refractivity contribution < 1.29 is 14.2 Å². The van der Waals surface area contributed by atoms with E-state index in [4.69, 9.17) is 19.9 Å². The molecule has 7 heteroatoms. The number of likely N-dealkylation sites (N-methyl/N-ethyl adjacent to an activating group) is 1. The number of guanidine groups is 1. The van der Waals surface area contributed by atoms with Crippen LogP contribution in [0.4, 0.5) is 5.69 Å². The van der Waals surface area contributed by atoms with E-state index < -0.39 is 0 Å². The molecule has 152 valence electrons. The lowest BCUT2D eigenvalue weighted by Crippen LogP contribution is -2.27. The normalized spacial score (nSPS) is 11.5. The molecule has 2 rings (SSSR count). The average molecular weight is 386 g/mol. The maximum Gasteiger partial charge on any atom is 0.193 e. The van der Waals surface area contributed by atoms with E-state index in [2.05, 4.69) is 15.2 Å². The third-order valence-electron chi connectivity index (χ3n) is 4.11. The van der Waals surface area contributed by atoms with Gasteiger partial charge in [0.25, 0.3) is 0 Å². The molecule has 0 aliphatic carbocycles. The highest BCUT2D eigenvalue weighted by Gasteiger charge is 2.01. The van der Waals surface area contributed by atoms with Crippen LogP contribution in [-0.2, 0) is 11.3 Å². The van der Waals surface area contributed by atoms with Crippen LogP contribution in [0.25, 0.3) is 0 Å². The molecule has 7 nitrogen and oxygen atoms in total. The van der Waals surface area contributed by atoms with E-state index in [-0.39, 0.29) is 0 Å². The lowest BCUT2D eigenvalue weighted by molar-refractivity contribution is 0.150. The third kappa shape index (κ3) is 7.85. The molecule has 3 N–H and O–H groups in total. The molecule has 0 radical (unpaired) electrons. The first-order chi connectivity index (χ1) is 13.6. The highest BCUT2D eigenvalue weighted by atomic mass is 16.5. The second-order valence-corrected chi connectivity index (χ2v) is 6.35. The van der Waals surface area contributed by atoms with Crippen LogP contribution in [0.15, 0.2) is 53.5 Å². The van der Waals surface area contributed by atoms with E-state index in [0.29, 0.717) is 19.1 Å². The van der Waals surface area contributed by atoms with Gasteiger partial charge in [-0.25, -0.2) is 4.99 Å². The number of aliphatic imine (C=N–C) groups is 1. The fourth-order valence-corrected chi connectivity index (χ4v) is 2.45. The summed E-state index contributed by atoms with van der Waals surface area (Å²) in [4.78, 5) is 6.56. The van der Waals surface area contributed by atoms with Crippen LogP contribution in [0.2, 0.25) is 0 Å². The van der Waals surface area contributed by atoms with Gasteiger partial charge in [-0.2, -0.15) is 0 Å². The first kappa shape index (κ1) is 21.5. The Labute approximate surface area is 167 Å². The summed E-state index contributed by atoms with van der Waals surface area (Å²) in [6.45, 7) is 3.53. The molecular weight excluding hydrogens is 356 g/mol. The highest BCUT2D eigenvalue weighted by molar-refractivity contribution is 5.92. The summed E-state index contributed by atoms with van der Waals surface area (Å²) >= 11 is 0. The van der Waals surface area contributed by atoms with Crippen molar-refractivity contribution in [1.29, 1.82) is 0 Å².